The van der Waals surface area contributed by atoms with Crippen molar-refractivity contribution in [2.45, 2.75) is 26.4 Å². The van der Waals surface area contributed by atoms with Gasteiger partial charge < -0.3 is 15.3 Å². The molecule has 0 spiro atoms. The first kappa shape index (κ1) is 22.8. The minimum atomic E-state index is -1.09. The fraction of sp³-hybridized carbons (Fsp3) is 0.200. The van der Waals surface area contributed by atoms with E-state index >= 15 is 0 Å². The number of aliphatic hydroxyl groups excluding tert-OH is 1. The molecule has 156 valence electrons. The van der Waals surface area contributed by atoms with Crippen LogP contribution in [-0.4, -0.2) is 27.3 Å². The molecule has 0 aliphatic heterocycles. The van der Waals surface area contributed by atoms with Gasteiger partial charge in [-0.25, -0.2) is 0 Å². The highest BCUT2D eigenvalue weighted by molar-refractivity contribution is 5.78. The largest absolute Gasteiger partial charge is 0.481 e. The van der Waals surface area contributed by atoms with Crippen molar-refractivity contribution < 1.29 is 24.9 Å². The van der Waals surface area contributed by atoms with Gasteiger partial charge in [-0.15, -0.1) is 0 Å². The Labute approximate surface area is 176 Å². The number of benzene rings is 3. The van der Waals surface area contributed by atoms with Gasteiger partial charge in [0.25, 0.3) is 0 Å². The molecule has 0 saturated carbocycles. The van der Waals surface area contributed by atoms with E-state index in [1.165, 1.54) is 5.56 Å². The van der Waals surface area contributed by atoms with E-state index in [9.17, 15) is 9.59 Å². The number of carboxylic acids is 2. The average molecular weight is 406 g/mol. The Balaban J connectivity index is 0.000000297. The third-order valence-electron chi connectivity index (χ3n) is 4.62. The van der Waals surface area contributed by atoms with Crippen LogP contribution in [0.15, 0.2) is 78.9 Å². The molecular formula is C25H26O5. The highest BCUT2D eigenvalue weighted by atomic mass is 16.4. The Morgan fingerprint density at radius 3 is 1.80 bits per heavy atom. The second kappa shape index (κ2) is 11.5. The Kier molecular flexibility index (Phi) is 8.78. The minimum Gasteiger partial charge on any atom is -0.481 e. The molecule has 0 aliphatic carbocycles. The van der Waals surface area contributed by atoms with E-state index in [0.29, 0.717) is 0 Å². The number of aliphatic carboxylic acids is 2. The van der Waals surface area contributed by atoms with Gasteiger partial charge in [-0.2, -0.15) is 0 Å². The summed E-state index contributed by atoms with van der Waals surface area (Å²) in [6.07, 6.45) is -0.146. The van der Waals surface area contributed by atoms with Gasteiger partial charge in [0.15, 0.2) is 0 Å². The van der Waals surface area contributed by atoms with Crippen LogP contribution in [0.2, 0.25) is 0 Å². The normalized spacial score (nSPS) is 11.1. The molecule has 3 aromatic rings. The highest BCUT2D eigenvalue weighted by Gasteiger charge is 2.21. The van der Waals surface area contributed by atoms with Crippen molar-refractivity contribution in [3.63, 3.8) is 0 Å². The van der Waals surface area contributed by atoms with E-state index in [1.54, 1.807) is 0 Å². The van der Waals surface area contributed by atoms with Crippen LogP contribution in [0.5, 0.6) is 0 Å². The maximum atomic E-state index is 11.1. The van der Waals surface area contributed by atoms with E-state index < -0.39 is 17.9 Å². The van der Waals surface area contributed by atoms with Gasteiger partial charge in [0, 0.05) is 0 Å². The summed E-state index contributed by atoms with van der Waals surface area (Å²) < 4.78 is 0. The van der Waals surface area contributed by atoms with Crippen LogP contribution in [0.4, 0.5) is 0 Å². The summed E-state index contributed by atoms with van der Waals surface area (Å²) >= 11 is 0. The topological polar surface area (TPSA) is 94.8 Å². The Bertz CT molecular complexity index is 932. The predicted octanol–water partition coefficient (Wildman–Crippen LogP) is 4.56. The van der Waals surface area contributed by atoms with Crippen LogP contribution >= 0.6 is 0 Å². The molecule has 0 radical (unpaired) electrons. The number of carbonyl (C=O) groups is 2. The minimum absolute atomic E-state index is 0.139. The lowest BCUT2D eigenvalue weighted by Gasteiger charge is -2.10. The number of aryl methyl sites for hydroxylation is 1. The molecule has 0 amide bonds. The van der Waals surface area contributed by atoms with Gasteiger partial charge in [0.2, 0.25) is 0 Å². The lowest BCUT2D eigenvalue weighted by molar-refractivity contribution is -0.148. The van der Waals surface area contributed by atoms with Crippen LogP contribution in [0.1, 0.15) is 23.1 Å². The quantitative estimate of drug-likeness (QED) is 0.535. The van der Waals surface area contributed by atoms with E-state index in [0.717, 1.165) is 22.3 Å². The lowest BCUT2D eigenvalue weighted by Crippen LogP contribution is -2.20. The predicted molar refractivity (Wildman–Crippen MR) is 116 cm³/mol. The van der Waals surface area contributed by atoms with E-state index in [1.807, 2.05) is 85.8 Å². The fourth-order valence-corrected chi connectivity index (χ4v) is 2.90. The monoisotopic (exact) mass is 406 g/mol. The zero-order chi connectivity index (χ0) is 21.9. The summed E-state index contributed by atoms with van der Waals surface area (Å²) in [5.74, 6) is -3.07. The first-order valence-electron chi connectivity index (χ1n) is 9.64. The van der Waals surface area contributed by atoms with Crippen molar-refractivity contribution in [3.8, 4) is 11.1 Å². The zero-order valence-corrected chi connectivity index (χ0v) is 16.9. The summed E-state index contributed by atoms with van der Waals surface area (Å²) in [6, 6.07) is 25.2. The number of aliphatic hydroxyl groups is 1. The molecule has 0 aromatic heterocycles. The molecule has 0 heterocycles. The first-order chi connectivity index (χ1) is 14.4. The van der Waals surface area contributed by atoms with Crippen LogP contribution in [0.25, 0.3) is 11.1 Å². The molecule has 3 rings (SSSR count). The van der Waals surface area contributed by atoms with Crippen LogP contribution in [0, 0.1) is 12.8 Å². The average Bonchev–Trinajstić information content (AvgIpc) is 2.75. The molecule has 0 unspecified atom stereocenters. The maximum absolute atomic E-state index is 11.1. The maximum Gasteiger partial charge on any atom is 0.307 e. The van der Waals surface area contributed by atoms with Crippen molar-refractivity contribution in [2.24, 2.45) is 5.92 Å². The molecule has 0 aliphatic rings. The van der Waals surface area contributed by atoms with Gasteiger partial charge in [-0.3, -0.25) is 9.59 Å². The van der Waals surface area contributed by atoms with Gasteiger partial charge in [0.05, 0.1) is 18.9 Å². The van der Waals surface area contributed by atoms with Gasteiger partial charge in [-0.1, -0.05) is 84.4 Å². The second-order valence-electron chi connectivity index (χ2n) is 7.04. The molecule has 1 atom stereocenters. The number of hydrogen-bond acceptors (Lipinski definition) is 3. The van der Waals surface area contributed by atoms with Crippen molar-refractivity contribution in [2.75, 3.05) is 0 Å². The smallest absolute Gasteiger partial charge is 0.307 e. The van der Waals surface area contributed by atoms with E-state index in [2.05, 4.69) is 0 Å². The van der Waals surface area contributed by atoms with Crippen molar-refractivity contribution in [1.29, 1.82) is 0 Å². The Morgan fingerprint density at radius 1 is 0.767 bits per heavy atom. The van der Waals surface area contributed by atoms with Crippen LogP contribution in [0.3, 0.4) is 0 Å². The SMILES string of the molecule is Cc1ccc(CO)cc1.O=C(O)C[C@H](Cc1ccc(-c2ccccc2)cc1)C(=O)O. The van der Waals surface area contributed by atoms with Crippen LogP contribution < -0.4 is 0 Å². The molecule has 0 bridgehead atoms. The zero-order valence-electron chi connectivity index (χ0n) is 16.9. The van der Waals surface area contributed by atoms with Crippen molar-refractivity contribution in [1.82, 2.24) is 0 Å². The van der Waals surface area contributed by atoms with Crippen LogP contribution in [-0.2, 0) is 22.6 Å². The summed E-state index contributed by atoms with van der Waals surface area (Å²) in [4.78, 5) is 21.7. The van der Waals surface area contributed by atoms with Gasteiger partial charge in [-0.05, 0) is 35.6 Å². The van der Waals surface area contributed by atoms with E-state index in [-0.39, 0.29) is 19.4 Å². The second-order valence-corrected chi connectivity index (χ2v) is 7.04. The molecule has 5 heteroatoms. The van der Waals surface area contributed by atoms with Crippen molar-refractivity contribution in [3.05, 3.63) is 95.6 Å². The molecule has 0 saturated heterocycles. The molecular weight excluding hydrogens is 380 g/mol. The molecule has 5 nitrogen and oxygen atoms in total. The first-order valence-corrected chi connectivity index (χ1v) is 9.64. The molecule has 3 aromatic carbocycles. The Hall–Kier alpha value is -3.44. The third kappa shape index (κ3) is 7.53. The van der Waals surface area contributed by atoms with Gasteiger partial charge >= 0.3 is 11.9 Å². The highest BCUT2D eigenvalue weighted by Crippen LogP contribution is 2.21. The fourth-order valence-electron chi connectivity index (χ4n) is 2.90. The summed E-state index contributed by atoms with van der Waals surface area (Å²) in [7, 11) is 0. The van der Waals surface area contributed by atoms with E-state index in [4.69, 9.17) is 15.3 Å². The molecule has 0 fully saturated rings. The third-order valence-corrected chi connectivity index (χ3v) is 4.62. The lowest BCUT2D eigenvalue weighted by atomic mass is 9.95. The summed E-state index contributed by atoms with van der Waals surface area (Å²) in [5.41, 5.74) is 5.16. The van der Waals surface area contributed by atoms with Crippen molar-refractivity contribution >= 4 is 11.9 Å². The number of carboxylic acid groups (broad SMARTS) is 2. The molecule has 3 N–H and O–H groups in total. The van der Waals surface area contributed by atoms with Gasteiger partial charge in [0.1, 0.15) is 0 Å². The standard InChI is InChI=1S/C17H16O4.C8H10O/c18-16(19)11-15(17(20)21)10-12-6-8-14(9-7-12)13-4-2-1-3-5-13;1-7-2-4-8(6-9)5-3-7/h1-9,15H,10-11H2,(H,18,19)(H,20,21);2-5,9H,6H2,1H3/t15-;/m0./s1. The number of rotatable bonds is 7. The molecule has 30 heavy (non-hydrogen) atoms. The Morgan fingerprint density at radius 2 is 1.30 bits per heavy atom. The number of hydrogen-bond donors (Lipinski definition) is 3. The summed E-state index contributed by atoms with van der Waals surface area (Å²) in [5, 5.41) is 26.4. The summed E-state index contributed by atoms with van der Waals surface area (Å²) in [6.45, 7) is 2.17.